The van der Waals surface area contributed by atoms with E-state index in [1.807, 2.05) is 6.92 Å². The summed E-state index contributed by atoms with van der Waals surface area (Å²) in [5, 5.41) is 9.55. The zero-order chi connectivity index (χ0) is 17.8. The van der Waals surface area contributed by atoms with Crippen molar-refractivity contribution >= 4 is 28.2 Å². The molecule has 0 saturated carbocycles. The van der Waals surface area contributed by atoms with Crippen LogP contribution in [0.5, 0.6) is 0 Å². The third kappa shape index (κ3) is 4.43. The molecule has 1 aliphatic heterocycles. The maximum atomic E-state index is 13.2. The van der Waals surface area contributed by atoms with Gasteiger partial charge in [-0.05, 0) is 56.1 Å². The number of amides is 2. The van der Waals surface area contributed by atoms with E-state index in [9.17, 15) is 14.0 Å². The molecule has 0 radical (unpaired) electrons. The van der Waals surface area contributed by atoms with Crippen LogP contribution in [0.4, 0.5) is 9.39 Å². The maximum absolute atomic E-state index is 13.2. The van der Waals surface area contributed by atoms with Gasteiger partial charge in [-0.3, -0.25) is 9.59 Å². The molecule has 0 spiro atoms. The molecule has 2 amide bonds. The minimum absolute atomic E-state index is 0.137. The van der Waals surface area contributed by atoms with Crippen LogP contribution < -0.4 is 16.0 Å². The Bertz CT molecular complexity index is 784. The van der Waals surface area contributed by atoms with Gasteiger partial charge in [-0.1, -0.05) is 6.07 Å². The molecule has 5 nitrogen and oxygen atoms in total. The van der Waals surface area contributed by atoms with E-state index in [1.165, 1.54) is 29.5 Å². The van der Waals surface area contributed by atoms with Crippen molar-refractivity contribution in [2.45, 2.75) is 25.8 Å². The second kappa shape index (κ2) is 7.76. The smallest absolute Gasteiger partial charge is 0.261 e. The van der Waals surface area contributed by atoms with Gasteiger partial charge in [-0.25, -0.2) is 4.39 Å². The summed E-state index contributed by atoms with van der Waals surface area (Å²) in [5.41, 5.74) is 1.04. The zero-order valence-corrected chi connectivity index (χ0v) is 14.7. The Labute approximate surface area is 149 Å². The fraction of sp³-hybridized carbons (Fsp3) is 0.333. The molecule has 2 heterocycles. The Balaban J connectivity index is 1.63. The van der Waals surface area contributed by atoms with Crippen molar-refractivity contribution in [3.63, 3.8) is 0 Å². The summed E-state index contributed by atoms with van der Waals surface area (Å²) in [5.74, 6) is -0.999. The lowest BCUT2D eigenvalue weighted by Crippen LogP contribution is -2.37. The van der Waals surface area contributed by atoms with Crippen molar-refractivity contribution in [3.8, 4) is 0 Å². The third-order valence-corrected chi connectivity index (χ3v) is 5.27. The second-order valence-electron chi connectivity index (χ2n) is 6.09. The van der Waals surface area contributed by atoms with E-state index in [2.05, 4.69) is 16.0 Å². The molecule has 2 aromatic rings. The summed E-state index contributed by atoms with van der Waals surface area (Å²) in [6, 6.07) is 7.58. The van der Waals surface area contributed by atoms with Gasteiger partial charge in [-0.2, -0.15) is 0 Å². The average molecular weight is 361 g/mol. The Morgan fingerprint density at radius 1 is 1.32 bits per heavy atom. The first kappa shape index (κ1) is 17.6. The molecular weight excluding hydrogens is 341 g/mol. The van der Waals surface area contributed by atoms with E-state index in [0.29, 0.717) is 22.5 Å². The van der Waals surface area contributed by atoms with Gasteiger partial charge in [0.2, 0.25) is 0 Å². The number of hydrogen-bond acceptors (Lipinski definition) is 4. The van der Waals surface area contributed by atoms with Gasteiger partial charge in [0.05, 0.1) is 9.88 Å². The number of halogens is 1. The molecular formula is C18H20FN3O2S. The first-order chi connectivity index (χ1) is 12.0. The molecule has 1 unspecified atom stereocenters. The van der Waals surface area contributed by atoms with Crippen LogP contribution in [-0.4, -0.2) is 30.9 Å². The van der Waals surface area contributed by atoms with E-state index in [4.69, 9.17) is 0 Å². The molecule has 25 heavy (non-hydrogen) atoms. The topological polar surface area (TPSA) is 70.2 Å². The van der Waals surface area contributed by atoms with Crippen molar-refractivity contribution in [1.82, 2.24) is 10.6 Å². The number of carbonyl (C=O) groups excluding carboxylic acids is 2. The van der Waals surface area contributed by atoms with Crippen molar-refractivity contribution in [2.24, 2.45) is 0 Å². The summed E-state index contributed by atoms with van der Waals surface area (Å²) >= 11 is 1.22. The second-order valence-corrected chi connectivity index (χ2v) is 7.14. The van der Waals surface area contributed by atoms with Crippen LogP contribution in [0.2, 0.25) is 0 Å². The highest BCUT2D eigenvalue weighted by Crippen LogP contribution is 2.27. The van der Waals surface area contributed by atoms with Crippen LogP contribution in [0.25, 0.3) is 0 Å². The van der Waals surface area contributed by atoms with Crippen LogP contribution >= 0.6 is 11.3 Å². The van der Waals surface area contributed by atoms with Gasteiger partial charge in [-0.15, -0.1) is 11.3 Å². The normalized spacial score (nSPS) is 16.6. The molecule has 3 rings (SSSR count). The van der Waals surface area contributed by atoms with Crippen molar-refractivity contribution < 1.29 is 14.0 Å². The summed E-state index contributed by atoms with van der Waals surface area (Å²) in [6.07, 6.45) is 2.20. The molecule has 1 atom stereocenters. The van der Waals surface area contributed by atoms with E-state index < -0.39 is 11.7 Å². The van der Waals surface area contributed by atoms with Gasteiger partial charge < -0.3 is 16.0 Å². The van der Waals surface area contributed by atoms with Crippen LogP contribution in [-0.2, 0) is 0 Å². The average Bonchev–Trinajstić information content (AvgIpc) is 3.22. The fourth-order valence-corrected chi connectivity index (χ4v) is 3.79. The zero-order valence-electron chi connectivity index (χ0n) is 13.9. The summed E-state index contributed by atoms with van der Waals surface area (Å²) < 4.78 is 13.2. The maximum Gasteiger partial charge on any atom is 0.261 e. The first-order valence-electron chi connectivity index (χ1n) is 8.22. The van der Waals surface area contributed by atoms with E-state index >= 15 is 0 Å². The molecule has 1 aromatic carbocycles. The van der Waals surface area contributed by atoms with E-state index in [1.54, 1.807) is 12.1 Å². The number of thiophene rings is 1. The molecule has 1 saturated heterocycles. The highest BCUT2D eigenvalue weighted by atomic mass is 32.1. The lowest BCUT2D eigenvalue weighted by Gasteiger charge is -2.11. The molecule has 3 N–H and O–H groups in total. The molecule has 0 aliphatic carbocycles. The minimum atomic E-state index is -0.462. The van der Waals surface area contributed by atoms with Gasteiger partial charge >= 0.3 is 0 Å². The van der Waals surface area contributed by atoms with Gasteiger partial charge in [0, 0.05) is 18.2 Å². The Morgan fingerprint density at radius 3 is 2.88 bits per heavy atom. The molecule has 7 heteroatoms. The lowest BCUT2D eigenvalue weighted by molar-refractivity contribution is 0.0953. The van der Waals surface area contributed by atoms with Crippen molar-refractivity contribution in [2.75, 3.05) is 18.4 Å². The largest absolute Gasteiger partial charge is 0.350 e. The van der Waals surface area contributed by atoms with Crippen LogP contribution in [0.15, 0.2) is 30.3 Å². The van der Waals surface area contributed by atoms with Gasteiger partial charge in [0.25, 0.3) is 11.8 Å². The summed E-state index contributed by atoms with van der Waals surface area (Å²) in [6.45, 7) is 3.42. The van der Waals surface area contributed by atoms with Gasteiger partial charge in [0.15, 0.2) is 0 Å². The number of hydrogen-bond donors (Lipinski definition) is 3. The molecule has 1 aromatic heterocycles. The molecule has 0 bridgehead atoms. The number of aryl methyl sites for hydroxylation is 1. The van der Waals surface area contributed by atoms with E-state index in [-0.39, 0.29) is 11.5 Å². The number of anilines is 1. The fourth-order valence-electron chi connectivity index (χ4n) is 2.81. The standard InChI is InChI=1S/C18H20FN3O2S/c1-11-8-15(22-17(23)12-4-2-5-13(19)9-12)25-16(11)18(24)21-10-14-6-3-7-20-14/h2,4-5,8-9,14,20H,3,6-7,10H2,1H3,(H,21,24)(H,22,23). The SMILES string of the molecule is Cc1cc(NC(=O)c2cccc(F)c2)sc1C(=O)NCC1CCCN1. The Hall–Kier alpha value is -2.25. The molecule has 1 aliphatic rings. The van der Waals surface area contributed by atoms with E-state index in [0.717, 1.165) is 24.9 Å². The van der Waals surface area contributed by atoms with Crippen molar-refractivity contribution in [1.29, 1.82) is 0 Å². The Morgan fingerprint density at radius 2 is 2.16 bits per heavy atom. The third-order valence-electron chi connectivity index (χ3n) is 4.12. The number of carbonyl (C=O) groups is 2. The highest BCUT2D eigenvalue weighted by Gasteiger charge is 2.18. The monoisotopic (exact) mass is 361 g/mol. The highest BCUT2D eigenvalue weighted by molar-refractivity contribution is 7.18. The van der Waals surface area contributed by atoms with Crippen LogP contribution in [0.1, 0.15) is 38.4 Å². The van der Waals surface area contributed by atoms with Crippen LogP contribution in [0.3, 0.4) is 0 Å². The van der Waals surface area contributed by atoms with Crippen molar-refractivity contribution in [3.05, 3.63) is 52.2 Å². The lowest BCUT2D eigenvalue weighted by atomic mass is 10.2. The predicted octanol–water partition coefficient (Wildman–Crippen LogP) is 2.93. The summed E-state index contributed by atoms with van der Waals surface area (Å²) in [4.78, 5) is 25.1. The van der Waals surface area contributed by atoms with Gasteiger partial charge in [0.1, 0.15) is 5.82 Å². The minimum Gasteiger partial charge on any atom is -0.350 e. The quantitative estimate of drug-likeness (QED) is 0.767. The molecule has 1 fully saturated rings. The van der Waals surface area contributed by atoms with Crippen LogP contribution in [0, 0.1) is 12.7 Å². The Kier molecular flexibility index (Phi) is 5.45. The number of nitrogens with one attached hydrogen (secondary N) is 3. The first-order valence-corrected chi connectivity index (χ1v) is 9.03. The molecule has 132 valence electrons. The predicted molar refractivity (Wildman–Crippen MR) is 96.8 cm³/mol. The summed E-state index contributed by atoms with van der Waals surface area (Å²) in [7, 11) is 0. The number of rotatable bonds is 5. The number of benzene rings is 1.